The first kappa shape index (κ1) is 14.5. The van der Waals surface area contributed by atoms with E-state index in [4.69, 9.17) is 9.26 Å². The van der Waals surface area contributed by atoms with Crippen molar-refractivity contribution in [3.8, 4) is 17.1 Å². The Kier molecular flexibility index (Phi) is 4.33. The molecule has 3 aromatic rings. The Morgan fingerprint density at radius 3 is 2.82 bits per heavy atom. The molecule has 0 N–H and O–H groups in total. The van der Waals surface area contributed by atoms with E-state index in [1.165, 1.54) is 11.8 Å². The molecule has 0 fully saturated rings. The van der Waals surface area contributed by atoms with Crippen molar-refractivity contribution >= 4 is 11.8 Å². The molecule has 22 heavy (non-hydrogen) atoms. The van der Waals surface area contributed by atoms with Gasteiger partial charge in [-0.2, -0.15) is 4.98 Å². The number of hydrogen-bond acceptors (Lipinski definition) is 8. The topological polar surface area (TPSA) is 91.8 Å². The number of thioether (sulfide) groups is 1. The maximum atomic E-state index is 5.26. The van der Waals surface area contributed by atoms with Crippen LogP contribution < -0.4 is 4.74 Å². The lowest BCUT2D eigenvalue weighted by molar-refractivity contribution is 0.391. The fourth-order valence-corrected chi connectivity index (χ4v) is 2.57. The summed E-state index contributed by atoms with van der Waals surface area (Å²) in [6.07, 6.45) is 0. The molecule has 0 aliphatic rings. The minimum absolute atomic E-state index is 0.517. The van der Waals surface area contributed by atoms with Crippen LogP contribution in [0.2, 0.25) is 0 Å². The highest BCUT2D eigenvalue weighted by molar-refractivity contribution is 7.98. The van der Waals surface area contributed by atoms with E-state index in [0.717, 1.165) is 23.0 Å². The summed E-state index contributed by atoms with van der Waals surface area (Å²) in [7, 11) is 1.63. The fourth-order valence-electron chi connectivity index (χ4n) is 1.80. The van der Waals surface area contributed by atoms with Gasteiger partial charge in [-0.05, 0) is 41.6 Å². The summed E-state index contributed by atoms with van der Waals surface area (Å²) in [6, 6.07) is 7.49. The van der Waals surface area contributed by atoms with Crippen LogP contribution in [0.3, 0.4) is 0 Å². The van der Waals surface area contributed by atoms with Gasteiger partial charge >= 0.3 is 0 Å². The quantitative estimate of drug-likeness (QED) is 0.638. The highest BCUT2D eigenvalue weighted by atomic mass is 32.2. The van der Waals surface area contributed by atoms with Gasteiger partial charge in [0, 0.05) is 12.1 Å². The molecule has 8 nitrogen and oxygen atoms in total. The first-order chi connectivity index (χ1) is 10.8. The van der Waals surface area contributed by atoms with Crippen molar-refractivity contribution in [3.05, 3.63) is 30.2 Å². The summed E-state index contributed by atoms with van der Waals surface area (Å²) in [6.45, 7) is 2.70. The van der Waals surface area contributed by atoms with E-state index >= 15 is 0 Å². The third-order valence-corrected chi connectivity index (χ3v) is 3.88. The largest absolute Gasteiger partial charge is 0.497 e. The Labute approximate surface area is 130 Å². The lowest BCUT2D eigenvalue weighted by Gasteiger charge is -1.99. The predicted molar refractivity (Wildman–Crippen MR) is 79.3 cm³/mol. The molecule has 114 valence electrons. The van der Waals surface area contributed by atoms with E-state index in [9.17, 15) is 0 Å². The predicted octanol–water partition coefficient (Wildman–Crippen LogP) is 2.04. The number of nitrogens with zero attached hydrogens (tertiary/aromatic N) is 6. The molecule has 3 rings (SSSR count). The van der Waals surface area contributed by atoms with Crippen molar-refractivity contribution in [3.63, 3.8) is 0 Å². The van der Waals surface area contributed by atoms with Crippen LogP contribution in [0, 0.1) is 0 Å². The first-order valence-corrected chi connectivity index (χ1v) is 7.64. The molecular formula is C13H14N6O2S. The molecule has 2 aromatic heterocycles. The van der Waals surface area contributed by atoms with Crippen LogP contribution >= 0.6 is 11.8 Å². The minimum Gasteiger partial charge on any atom is -0.497 e. The standard InChI is InChI=1S/C13H14N6O2S/c1-3-19-13(15-17-18-19)22-8-11-14-12(16-21-11)9-4-6-10(20-2)7-5-9/h4-7H,3,8H2,1-2H3. The number of tetrazole rings is 1. The minimum atomic E-state index is 0.517. The summed E-state index contributed by atoms with van der Waals surface area (Å²) in [5, 5.41) is 16.2. The number of rotatable bonds is 6. The molecule has 0 saturated carbocycles. The molecule has 2 heterocycles. The van der Waals surface area contributed by atoms with Crippen LogP contribution in [0.4, 0.5) is 0 Å². The van der Waals surface area contributed by atoms with E-state index in [1.807, 2.05) is 31.2 Å². The molecule has 0 aliphatic heterocycles. The van der Waals surface area contributed by atoms with E-state index in [-0.39, 0.29) is 0 Å². The van der Waals surface area contributed by atoms with Gasteiger partial charge < -0.3 is 9.26 Å². The zero-order chi connectivity index (χ0) is 15.4. The molecule has 0 spiro atoms. The van der Waals surface area contributed by atoms with Crippen LogP contribution in [-0.4, -0.2) is 37.5 Å². The third-order valence-electron chi connectivity index (χ3n) is 2.94. The number of aryl methyl sites for hydroxylation is 1. The summed E-state index contributed by atoms with van der Waals surface area (Å²) >= 11 is 1.46. The van der Waals surface area contributed by atoms with E-state index in [1.54, 1.807) is 11.8 Å². The smallest absolute Gasteiger partial charge is 0.237 e. The molecule has 0 unspecified atom stereocenters. The molecule has 9 heteroatoms. The van der Waals surface area contributed by atoms with E-state index in [2.05, 4.69) is 25.7 Å². The van der Waals surface area contributed by atoms with E-state index < -0.39 is 0 Å². The molecule has 1 aromatic carbocycles. The van der Waals surface area contributed by atoms with Crippen molar-refractivity contribution in [2.24, 2.45) is 0 Å². The third kappa shape index (κ3) is 3.08. The zero-order valence-electron chi connectivity index (χ0n) is 12.1. The Hall–Kier alpha value is -2.42. The average molecular weight is 318 g/mol. The van der Waals surface area contributed by atoms with Crippen LogP contribution in [-0.2, 0) is 12.3 Å². The molecule has 0 saturated heterocycles. The van der Waals surface area contributed by atoms with Gasteiger partial charge in [0.2, 0.25) is 16.9 Å². The van der Waals surface area contributed by atoms with Gasteiger partial charge in [-0.1, -0.05) is 16.9 Å². The summed E-state index contributed by atoms with van der Waals surface area (Å²) in [4.78, 5) is 4.37. The van der Waals surface area contributed by atoms with Gasteiger partial charge in [-0.15, -0.1) is 5.10 Å². The second-order valence-electron chi connectivity index (χ2n) is 4.31. The highest BCUT2D eigenvalue weighted by Gasteiger charge is 2.11. The van der Waals surface area contributed by atoms with Gasteiger partial charge in [0.05, 0.1) is 12.9 Å². The number of benzene rings is 1. The Bertz CT molecular complexity index is 739. The Morgan fingerprint density at radius 1 is 1.27 bits per heavy atom. The first-order valence-electron chi connectivity index (χ1n) is 6.66. The lowest BCUT2D eigenvalue weighted by Crippen LogP contribution is -1.98. The molecule has 0 amide bonds. The average Bonchev–Trinajstić information content (AvgIpc) is 3.21. The van der Waals surface area contributed by atoms with Gasteiger partial charge in [-0.25, -0.2) is 4.68 Å². The van der Waals surface area contributed by atoms with Gasteiger partial charge in [0.25, 0.3) is 0 Å². The van der Waals surface area contributed by atoms with E-state index in [0.29, 0.717) is 17.5 Å². The molecule has 0 radical (unpaired) electrons. The van der Waals surface area contributed by atoms with Crippen molar-refractivity contribution in [2.75, 3.05) is 7.11 Å². The number of hydrogen-bond donors (Lipinski definition) is 0. The molecule has 0 atom stereocenters. The summed E-state index contributed by atoms with van der Waals surface area (Å²) in [5.74, 6) is 2.38. The number of aromatic nitrogens is 6. The summed E-state index contributed by atoms with van der Waals surface area (Å²) in [5.41, 5.74) is 0.874. The van der Waals surface area contributed by atoms with Crippen LogP contribution in [0.1, 0.15) is 12.8 Å². The van der Waals surface area contributed by atoms with Crippen molar-refractivity contribution in [1.29, 1.82) is 0 Å². The maximum absolute atomic E-state index is 5.26. The SMILES string of the molecule is CCn1nnnc1SCc1nc(-c2ccc(OC)cc2)no1. The Balaban J connectivity index is 1.68. The zero-order valence-corrected chi connectivity index (χ0v) is 12.9. The lowest BCUT2D eigenvalue weighted by atomic mass is 10.2. The second-order valence-corrected chi connectivity index (χ2v) is 5.25. The fraction of sp³-hybridized carbons (Fsp3) is 0.308. The molecular weight excluding hydrogens is 304 g/mol. The highest BCUT2D eigenvalue weighted by Crippen LogP contribution is 2.23. The number of ether oxygens (including phenoxy) is 1. The van der Waals surface area contributed by atoms with Crippen molar-refractivity contribution in [1.82, 2.24) is 30.3 Å². The molecule has 0 aliphatic carbocycles. The molecule has 0 bridgehead atoms. The summed E-state index contributed by atoms with van der Waals surface area (Å²) < 4.78 is 12.1. The van der Waals surface area contributed by atoms with Crippen molar-refractivity contribution < 1.29 is 9.26 Å². The van der Waals surface area contributed by atoms with Gasteiger partial charge in [0.1, 0.15) is 5.75 Å². The van der Waals surface area contributed by atoms with Crippen LogP contribution in [0.15, 0.2) is 33.9 Å². The van der Waals surface area contributed by atoms with Gasteiger partial charge in [0.15, 0.2) is 0 Å². The second kappa shape index (κ2) is 6.56. The van der Waals surface area contributed by atoms with Crippen molar-refractivity contribution in [2.45, 2.75) is 24.4 Å². The Morgan fingerprint density at radius 2 is 2.09 bits per heavy atom. The monoisotopic (exact) mass is 318 g/mol. The van der Waals surface area contributed by atoms with Crippen LogP contribution in [0.25, 0.3) is 11.4 Å². The maximum Gasteiger partial charge on any atom is 0.237 e. The number of methoxy groups -OCH3 is 1. The van der Waals surface area contributed by atoms with Gasteiger partial charge in [-0.3, -0.25) is 0 Å². The normalized spacial score (nSPS) is 10.8. The van der Waals surface area contributed by atoms with Crippen LogP contribution in [0.5, 0.6) is 5.75 Å².